The minimum atomic E-state index is -0.849. The average Bonchev–Trinajstić information content (AvgIpc) is 3.22. The molecule has 1 heterocycles. The molecule has 1 aliphatic carbocycles. The number of aryl methyl sites for hydroxylation is 1. The largest absolute Gasteiger partial charge is 0.487 e. The van der Waals surface area contributed by atoms with Crippen LogP contribution in [-0.2, 0) is 11.4 Å². The Morgan fingerprint density at radius 3 is 2.96 bits per heavy atom. The molecule has 0 aliphatic heterocycles. The molecule has 2 atom stereocenters. The lowest BCUT2D eigenvalue weighted by Crippen LogP contribution is -2.40. The van der Waals surface area contributed by atoms with E-state index in [-0.39, 0.29) is 11.9 Å². The van der Waals surface area contributed by atoms with Crippen LogP contribution >= 0.6 is 11.3 Å². The van der Waals surface area contributed by atoms with Crippen molar-refractivity contribution in [2.45, 2.75) is 38.8 Å². The molecule has 1 aromatic heterocycles. The van der Waals surface area contributed by atoms with E-state index in [1.54, 1.807) is 35.6 Å². The fourth-order valence-electron chi connectivity index (χ4n) is 3.04. The van der Waals surface area contributed by atoms with Gasteiger partial charge in [-0.2, -0.15) is 0 Å². The third kappa shape index (κ3) is 4.36. The van der Waals surface area contributed by atoms with Gasteiger partial charge >= 0.3 is 5.97 Å². The molecule has 25 heavy (non-hydrogen) atoms. The topological polar surface area (TPSA) is 88.5 Å². The lowest BCUT2D eigenvalue weighted by molar-refractivity contribution is -0.142. The van der Waals surface area contributed by atoms with E-state index in [0.717, 1.165) is 17.1 Å². The van der Waals surface area contributed by atoms with Crippen LogP contribution < -0.4 is 10.1 Å². The van der Waals surface area contributed by atoms with Crippen molar-refractivity contribution in [3.05, 3.63) is 45.9 Å². The van der Waals surface area contributed by atoms with Gasteiger partial charge in [-0.05, 0) is 38.0 Å². The van der Waals surface area contributed by atoms with E-state index >= 15 is 0 Å². The molecule has 1 aliphatic rings. The Morgan fingerprint density at radius 1 is 1.40 bits per heavy atom. The van der Waals surface area contributed by atoms with Gasteiger partial charge in [-0.25, -0.2) is 4.98 Å². The number of nitrogens with zero attached hydrogens (tertiary/aromatic N) is 1. The standard InChI is InChI=1S/C18H20N2O4S/c1-11-19-13(10-25-11)9-24-14-5-2-4-12(8-14)17(21)20-16-7-3-6-15(16)18(22)23/h2,4-5,8,10,15-16H,3,6-7,9H2,1H3,(H,20,21)(H,22,23)/t15-,16+/m0/s1. The number of aromatic nitrogens is 1. The van der Waals surface area contributed by atoms with Gasteiger partial charge < -0.3 is 15.2 Å². The van der Waals surface area contributed by atoms with Crippen molar-refractivity contribution in [3.63, 3.8) is 0 Å². The number of ether oxygens (including phenoxy) is 1. The summed E-state index contributed by atoms with van der Waals surface area (Å²) in [6.07, 6.45) is 2.12. The van der Waals surface area contributed by atoms with E-state index < -0.39 is 11.9 Å². The zero-order valence-corrected chi connectivity index (χ0v) is 14.7. The van der Waals surface area contributed by atoms with E-state index in [4.69, 9.17) is 4.74 Å². The molecule has 1 fully saturated rings. The molecule has 2 N–H and O–H groups in total. The Bertz CT molecular complexity index is 774. The van der Waals surface area contributed by atoms with Crippen LogP contribution in [0.1, 0.15) is 40.3 Å². The Balaban J connectivity index is 1.62. The molecule has 3 rings (SSSR count). The summed E-state index contributed by atoms with van der Waals surface area (Å²) in [5.41, 5.74) is 1.32. The Kier molecular flexibility index (Phi) is 5.33. The van der Waals surface area contributed by atoms with E-state index in [9.17, 15) is 14.7 Å². The zero-order chi connectivity index (χ0) is 17.8. The number of hydrogen-bond acceptors (Lipinski definition) is 5. The summed E-state index contributed by atoms with van der Waals surface area (Å²) in [6, 6.07) is 6.58. The number of carboxylic acid groups (broad SMARTS) is 1. The number of benzene rings is 1. The van der Waals surface area contributed by atoms with Gasteiger partial charge in [-0.3, -0.25) is 9.59 Å². The van der Waals surface area contributed by atoms with Crippen LogP contribution in [0.3, 0.4) is 0 Å². The second kappa shape index (κ2) is 7.65. The molecule has 0 spiro atoms. The van der Waals surface area contributed by atoms with Gasteiger partial charge in [-0.15, -0.1) is 11.3 Å². The highest BCUT2D eigenvalue weighted by Gasteiger charge is 2.34. The number of rotatable bonds is 6. The van der Waals surface area contributed by atoms with Gasteiger partial charge in [0, 0.05) is 17.0 Å². The Labute approximate surface area is 149 Å². The highest BCUT2D eigenvalue weighted by atomic mass is 32.1. The van der Waals surface area contributed by atoms with Crippen LogP contribution in [0.5, 0.6) is 5.75 Å². The molecule has 2 aromatic rings. The molecular formula is C18H20N2O4S. The van der Waals surface area contributed by atoms with E-state index in [1.807, 2.05) is 12.3 Å². The maximum Gasteiger partial charge on any atom is 0.308 e. The number of carbonyl (C=O) groups excluding carboxylic acids is 1. The molecular weight excluding hydrogens is 340 g/mol. The fourth-order valence-corrected chi connectivity index (χ4v) is 3.64. The van der Waals surface area contributed by atoms with Gasteiger partial charge in [0.25, 0.3) is 5.91 Å². The first-order chi connectivity index (χ1) is 12.0. The minimum absolute atomic E-state index is 0.270. The third-order valence-corrected chi connectivity index (χ3v) is 5.12. The quantitative estimate of drug-likeness (QED) is 0.827. The zero-order valence-electron chi connectivity index (χ0n) is 13.9. The smallest absolute Gasteiger partial charge is 0.308 e. The van der Waals surface area contributed by atoms with Gasteiger partial charge in [0.15, 0.2) is 0 Å². The van der Waals surface area contributed by atoms with Crippen LogP contribution in [0.4, 0.5) is 0 Å². The molecule has 7 heteroatoms. The number of carbonyl (C=O) groups is 2. The molecule has 1 saturated carbocycles. The molecule has 1 aromatic carbocycles. The number of hydrogen-bond donors (Lipinski definition) is 2. The average molecular weight is 360 g/mol. The molecule has 6 nitrogen and oxygen atoms in total. The lowest BCUT2D eigenvalue weighted by atomic mass is 10.0. The molecule has 0 saturated heterocycles. The normalized spacial score (nSPS) is 19.6. The maximum absolute atomic E-state index is 12.4. The third-order valence-electron chi connectivity index (χ3n) is 4.30. The first kappa shape index (κ1) is 17.4. The maximum atomic E-state index is 12.4. The van der Waals surface area contributed by atoms with Crippen LogP contribution in [0.25, 0.3) is 0 Å². The molecule has 132 valence electrons. The Hall–Kier alpha value is -2.41. The monoisotopic (exact) mass is 360 g/mol. The number of amides is 1. The summed E-state index contributed by atoms with van der Waals surface area (Å²) in [5, 5.41) is 15.0. The SMILES string of the molecule is Cc1nc(COc2cccc(C(=O)N[C@@H]3CCC[C@@H]3C(=O)O)c2)cs1. The number of carboxylic acids is 1. The van der Waals surface area contributed by atoms with Crippen LogP contribution in [0, 0.1) is 12.8 Å². The summed E-state index contributed by atoms with van der Waals surface area (Å²) in [7, 11) is 0. The van der Waals surface area contributed by atoms with Crippen molar-refractivity contribution in [2.75, 3.05) is 0 Å². The van der Waals surface area contributed by atoms with Crippen molar-refractivity contribution >= 4 is 23.2 Å². The van der Waals surface area contributed by atoms with Crippen molar-refractivity contribution in [3.8, 4) is 5.75 Å². The summed E-state index contributed by atoms with van der Waals surface area (Å²) >= 11 is 1.56. The van der Waals surface area contributed by atoms with Crippen LogP contribution in [0.2, 0.25) is 0 Å². The molecule has 1 amide bonds. The molecule has 0 radical (unpaired) electrons. The van der Waals surface area contributed by atoms with Crippen molar-refractivity contribution in [1.29, 1.82) is 0 Å². The van der Waals surface area contributed by atoms with Crippen molar-refractivity contribution in [1.82, 2.24) is 10.3 Å². The van der Waals surface area contributed by atoms with Crippen LogP contribution in [0.15, 0.2) is 29.6 Å². The molecule has 0 unspecified atom stereocenters. The summed E-state index contributed by atoms with van der Waals surface area (Å²) in [5.74, 6) is -1.04. The van der Waals surface area contributed by atoms with E-state index in [1.165, 1.54) is 0 Å². The first-order valence-electron chi connectivity index (χ1n) is 8.20. The highest BCUT2D eigenvalue weighted by Crippen LogP contribution is 2.26. The lowest BCUT2D eigenvalue weighted by Gasteiger charge is -2.17. The predicted octanol–water partition coefficient (Wildman–Crippen LogP) is 3.01. The van der Waals surface area contributed by atoms with Gasteiger partial charge in [0.1, 0.15) is 12.4 Å². The van der Waals surface area contributed by atoms with Crippen molar-refractivity contribution in [2.24, 2.45) is 5.92 Å². The summed E-state index contributed by atoms with van der Waals surface area (Å²) < 4.78 is 5.70. The predicted molar refractivity (Wildman–Crippen MR) is 93.9 cm³/mol. The van der Waals surface area contributed by atoms with Gasteiger partial charge in [-0.1, -0.05) is 12.5 Å². The highest BCUT2D eigenvalue weighted by molar-refractivity contribution is 7.09. The van der Waals surface area contributed by atoms with Gasteiger partial charge in [0.05, 0.1) is 16.6 Å². The number of thiazole rings is 1. The van der Waals surface area contributed by atoms with E-state index in [2.05, 4.69) is 10.3 Å². The van der Waals surface area contributed by atoms with E-state index in [0.29, 0.717) is 30.8 Å². The second-order valence-electron chi connectivity index (χ2n) is 6.13. The molecule has 0 bridgehead atoms. The number of aliphatic carboxylic acids is 1. The van der Waals surface area contributed by atoms with Gasteiger partial charge in [0.2, 0.25) is 0 Å². The second-order valence-corrected chi connectivity index (χ2v) is 7.19. The first-order valence-corrected chi connectivity index (χ1v) is 9.08. The Morgan fingerprint density at radius 2 is 2.24 bits per heavy atom. The number of nitrogens with one attached hydrogen (secondary N) is 1. The summed E-state index contributed by atoms with van der Waals surface area (Å²) in [6.45, 7) is 2.28. The van der Waals surface area contributed by atoms with Crippen LogP contribution in [-0.4, -0.2) is 28.0 Å². The van der Waals surface area contributed by atoms with Crippen molar-refractivity contribution < 1.29 is 19.4 Å². The summed E-state index contributed by atoms with van der Waals surface area (Å²) in [4.78, 5) is 28.0. The fraction of sp³-hybridized carbons (Fsp3) is 0.389. The minimum Gasteiger partial charge on any atom is -0.487 e.